The first-order valence-electron chi connectivity index (χ1n) is 7.61. The van der Waals surface area contributed by atoms with Crippen LogP contribution in [0.15, 0.2) is 18.2 Å². The van der Waals surface area contributed by atoms with Gasteiger partial charge in [-0.05, 0) is 38.3 Å². The van der Waals surface area contributed by atoms with E-state index in [9.17, 15) is 4.39 Å². The summed E-state index contributed by atoms with van der Waals surface area (Å²) in [4.78, 5) is 0. The number of hydrogen-bond acceptors (Lipinski definition) is 1. The van der Waals surface area contributed by atoms with Gasteiger partial charge in [-0.1, -0.05) is 51.3 Å². The molecule has 1 unspecified atom stereocenters. The van der Waals surface area contributed by atoms with E-state index >= 15 is 0 Å². The molecule has 0 fully saturated rings. The maximum atomic E-state index is 14.1. The fourth-order valence-corrected chi connectivity index (χ4v) is 2.52. The van der Waals surface area contributed by atoms with Crippen LogP contribution in [0, 0.1) is 18.7 Å². The lowest BCUT2D eigenvalue weighted by Crippen LogP contribution is -2.25. The molecule has 0 radical (unpaired) electrons. The van der Waals surface area contributed by atoms with E-state index in [0.29, 0.717) is 5.92 Å². The topological polar surface area (TPSA) is 12.0 Å². The molecule has 2 heteroatoms. The zero-order valence-corrected chi connectivity index (χ0v) is 12.8. The van der Waals surface area contributed by atoms with Gasteiger partial charge in [-0.2, -0.15) is 0 Å². The van der Waals surface area contributed by atoms with Crippen molar-refractivity contribution in [2.45, 2.75) is 59.4 Å². The fourth-order valence-electron chi connectivity index (χ4n) is 2.52. The Morgan fingerprint density at radius 3 is 2.42 bits per heavy atom. The molecule has 1 N–H and O–H groups in total. The van der Waals surface area contributed by atoms with Gasteiger partial charge >= 0.3 is 0 Å². The van der Waals surface area contributed by atoms with Gasteiger partial charge in [-0.3, -0.25) is 0 Å². The van der Waals surface area contributed by atoms with E-state index in [1.54, 1.807) is 6.07 Å². The van der Waals surface area contributed by atoms with Crippen molar-refractivity contribution in [1.29, 1.82) is 0 Å². The quantitative estimate of drug-likeness (QED) is 0.697. The first-order chi connectivity index (χ1) is 9.12. The van der Waals surface area contributed by atoms with E-state index in [2.05, 4.69) is 26.1 Å². The third kappa shape index (κ3) is 4.94. The molecular weight excluding hydrogens is 237 g/mol. The van der Waals surface area contributed by atoms with Crippen LogP contribution in [-0.2, 0) is 0 Å². The molecule has 0 aromatic heterocycles. The van der Waals surface area contributed by atoms with Gasteiger partial charge in [0.05, 0.1) is 0 Å². The van der Waals surface area contributed by atoms with Gasteiger partial charge in [0.1, 0.15) is 5.82 Å². The van der Waals surface area contributed by atoms with Crippen LogP contribution >= 0.6 is 0 Å². The van der Waals surface area contributed by atoms with Gasteiger partial charge in [0.25, 0.3) is 0 Å². The van der Waals surface area contributed by atoms with E-state index in [-0.39, 0.29) is 11.9 Å². The minimum atomic E-state index is -0.0786. The standard InChI is InChI=1S/C17H28FN/c1-5-10-19-17(12-14(6-2)7-3)15-11-13(4)8-9-16(15)18/h8-9,11,14,17,19H,5-7,10,12H2,1-4H3. The van der Waals surface area contributed by atoms with Crippen molar-refractivity contribution in [3.05, 3.63) is 35.1 Å². The van der Waals surface area contributed by atoms with Crippen molar-refractivity contribution >= 4 is 0 Å². The highest BCUT2D eigenvalue weighted by atomic mass is 19.1. The summed E-state index contributed by atoms with van der Waals surface area (Å²) in [6, 6.07) is 5.57. The number of nitrogens with one attached hydrogen (secondary N) is 1. The highest BCUT2D eigenvalue weighted by Gasteiger charge is 2.18. The minimum absolute atomic E-state index is 0.0786. The Labute approximate surface area is 117 Å². The molecule has 0 saturated carbocycles. The van der Waals surface area contributed by atoms with E-state index in [0.717, 1.165) is 43.4 Å². The van der Waals surface area contributed by atoms with Crippen molar-refractivity contribution in [1.82, 2.24) is 5.32 Å². The van der Waals surface area contributed by atoms with E-state index in [1.165, 1.54) is 0 Å². The summed E-state index contributed by atoms with van der Waals surface area (Å²) >= 11 is 0. The van der Waals surface area contributed by atoms with Crippen LogP contribution in [0.25, 0.3) is 0 Å². The zero-order chi connectivity index (χ0) is 14.3. The molecule has 0 spiro atoms. The molecule has 0 aliphatic rings. The van der Waals surface area contributed by atoms with E-state index in [1.807, 2.05) is 19.1 Å². The molecule has 0 amide bonds. The Balaban J connectivity index is 2.91. The Bertz CT molecular complexity index is 372. The van der Waals surface area contributed by atoms with Gasteiger partial charge in [0, 0.05) is 11.6 Å². The molecule has 0 saturated heterocycles. The maximum absolute atomic E-state index is 14.1. The summed E-state index contributed by atoms with van der Waals surface area (Å²) in [5.74, 6) is 0.583. The van der Waals surface area contributed by atoms with Crippen molar-refractivity contribution in [2.24, 2.45) is 5.92 Å². The van der Waals surface area contributed by atoms with Crippen LogP contribution < -0.4 is 5.32 Å². The molecule has 108 valence electrons. The third-order valence-corrected chi connectivity index (χ3v) is 3.89. The average molecular weight is 265 g/mol. The monoisotopic (exact) mass is 265 g/mol. The number of aryl methyl sites for hydroxylation is 1. The van der Waals surface area contributed by atoms with Gasteiger partial charge < -0.3 is 5.32 Å². The second-order valence-corrected chi connectivity index (χ2v) is 5.45. The van der Waals surface area contributed by atoms with Gasteiger partial charge in [0.2, 0.25) is 0 Å². The molecule has 19 heavy (non-hydrogen) atoms. The first kappa shape index (κ1) is 16.2. The smallest absolute Gasteiger partial charge is 0.127 e. The number of benzene rings is 1. The molecule has 1 nitrogen and oxygen atoms in total. The number of rotatable bonds is 8. The molecule has 1 atom stereocenters. The zero-order valence-electron chi connectivity index (χ0n) is 12.8. The second kappa shape index (κ2) is 8.31. The lowest BCUT2D eigenvalue weighted by atomic mass is 9.90. The molecule has 1 aromatic carbocycles. The summed E-state index contributed by atoms with van der Waals surface area (Å²) < 4.78 is 14.1. The molecule has 0 bridgehead atoms. The fraction of sp³-hybridized carbons (Fsp3) is 0.647. The van der Waals surface area contributed by atoms with E-state index in [4.69, 9.17) is 0 Å². The SMILES string of the molecule is CCCNC(CC(CC)CC)c1cc(C)ccc1F. The highest BCUT2D eigenvalue weighted by molar-refractivity contribution is 5.27. The molecule has 0 aliphatic heterocycles. The molecule has 0 aliphatic carbocycles. The summed E-state index contributed by atoms with van der Waals surface area (Å²) in [5, 5.41) is 3.51. The minimum Gasteiger partial charge on any atom is -0.310 e. The maximum Gasteiger partial charge on any atom is 0.127 e. The summed E-state index contributed by atoms with van der Waals surface area (Å²) in [7, 11) is 0. The Hall–Kier alpha value is -0.890. The van der Waals surface area contributed by atoms with Crippen LogP contribution in [0.1, 0.15) is 63.6 Å². The van der Waals surface area contributed by atoms with Gasteiger partial charge in [-0.25, -0.2) is 4.39 Å². The van der Waals surface area contributed by atoms with Crippen LogP contribution in [0.3, 0.4) is 0 Å². The normalized spacial score (nSPS) is 12.9. The van der Waals surface area contributed by atoms with Crippen molar-refractivity contribution in [3.8, 4) is 0 Å². The van der Waals surface area contributed by atoms with Crippen LogP contribution in [-0.4, -0.2) is 6.54 Å². The summed E-state index contributed by atoms with van der Waals surface area (Å²) in [6.45, 7) is 9.55. The summed E-state index contributed by atoms with van der Waals surface area (Å²) in [5.41, 5.74) is 1.96. The Morgan fingerprint density at radius 2 is 1.84 bits per heavy atom. The second-order valence-electron chi connectivity index (χ2n) is 5.45. The van der Waals surface area contributed by atoms with Gasteiger partial charge in [0.15, 0.2) is 0 Å². The third-order valence-electron chi connectivity index (χ3n) is 3.89. The van der Waals surface area contributed by atoms with Crippen LogP contribution in [0.4, 0.5) is 4.39 Å². The Morgan fingerprint density at radius 1 is 1.16 bits per heavy atom. The van der Waals surface area contributed by atoms with Crippen molar-refractivity contribution < 1.29 is 4.39 Å². The predicted molar refractivity (Wildman–Crippen MR) is 80.9 cm³/mol. The van der Waals surface area contributed by atoms with E-state index < -0.39 is 0 Å². The summed E-state index contributed by atoms with van der Waals surface area (Å²) in [6.07, 6.45) is 4.42. The van der Waals surface area contributed by atoms with Crippen molar-refractivity contribution in [2.75, 3.05) is 6.54 Å². The molecular formula is C17H28FN. The van der Waals surface area contributed by atoms with Crippen LogP contribution in [0.2, 0.25) is 0 Å². The molecule has 1 aromatic rings. The predicted octanol–water partition coefficient (Wildman–Crippen LogP) is 5.00. The molecule has 1 rings (SSSR count). The highest BCUT2D eigenvalue weighted by Crippen LogP contribution is 2.27. The molecule has 0 heterocycles. The van der Waals surface area contributed by atoms with Crippen molar-refractivity contribution in [3.63, 3.8) is 0 Å². The van der Waals surface area contributed by atoms with Gasteiger partial charge in [-0.15, -0.1) is 0 Å². The Kier molecular flexibility index (Phi) is 7.07. The largest absolute Gasteiger partial charge is 0.310 e. The lowest BCUT2D eigenvalue weighted by Gasteiger charge is -2.24. The van der Waals surface area contributed by atoms with Crippen LogP contribution in [0.5, 0.6) is 0 Å². The first-order valence-corrected chi connectivity index (χ1v) is 7.61. The lowest BCUT2D eigenvalue weighted by molar-refractivity contribution is 0.364. The number of halogens is 1. The number of hydrogen-bond donors (Lipinski definition) is 1. The average Bonchev–Trinajstić information content (AvgIpc) is 2.42.